The van der Waals surface area contributed by atoms with Crippen molar-refractivity contribution in [3.05, 3.63) is 29.6 Å². The molecule has 0 bridgehead atoms. The van der Waals surface area contributed by atoms with Crippen LogP contribution in [0.4, 0.5) is 0 Å². The first kappa shape index (κ1) is 32.0. The van der Waals surface area contributed by atoms with Crippen LogP contribution in [-0.4, -0.2) is 38.3 Å². The molecule has 1 unspecified atom stereocenters. The van der Waals surface area contributed by atoms with Crippen molar-refractivity contribution in [1.82, 2.24) is 15.0 Å². The molecule has 0 amide bonds. The Hall–Kier alpha value is -1.95. The molecule has 6 rings (SSSR count). The Morgan fingerprint density at radius 3 is 2.66 bits per heavy atom. The van der Waals surface area contributed by atoms with Gasteiger partial charge in [-0.05, 0) is 98.4 Å². The molecule has 6 nitrogen and oxygen atoms in total. The molecule has 4 saturated carbocycles. The van der Waals surface area contributed by atoms with Gasteiger partial charge in [0.2, 0.25) is 0 Å². The van der Waals surface area contributed by atoms with Crippen molar-refractivity contribution in [1.29, 1.82) is 0 Å². The summed E-state index contributed by atoms with van der Waals surface area (Å²) in [7, 11) is 0. The van der Waals surface area contributed by atoms with Gasteiger partial charge in [0.05, 0.1) is 18.3 Å². The largest absolute Gasteiger partial charge is 0.458 e. The maximum atomic E-state index is 13.3. The molecule has 1 aromatic heterocycles. The van der Waals surface area contributed by atoms with Crippen LogP contribution >= 0.6 is 0 Å². The molecule has 1 N–H and O–H groups in total. The van der Waals surface area contributed by atoms with Crippen LogP contribution in [0, 0.1) is 46.3 Å². The van der Waals surface area contributed by atoms with E-state index >= 15 is 0 Å². The number of aliphatic hydroxyl groups excluding tert-OH is 1. The van der Waals surface area contributed by atoms with Crippen LogP contribution < -0.4 is 0 Å². The molecule has 44 heavy (non-hydrogen) atoms. The number of ether oxygens (including phenoxy) is 1. The number of rotatable bonds is 9. The minimum Gasteiger partial charge on any atom is -0.458 e. The van der Waals surface area contributed by atoms with Crippen LogP contribution in [0.2, 0.25) is 0 Å². The fraction of sp³-hybridized carbons (Fsp3) is 0.816. The summed E-state index contributed by atoms with van der Waals surface area (Å²) in [5, 5.41) is 19.5. The van der Waals surface area contributed by atoms with Crippen molar-refractivity contribution in [3.8, 4) is 0 Å². The fourth-order valence-corrected chi connectivity index (χ4v) is 11.1. The van der Waals surface area contributed by atoms with Gasteiger partial charge >= 0.3 is 5.97 Å². The van der Waals surface area contributed by atoms with Crippen LogP contribution in [0.25, 0.3) is 6.08 Å². The van der Waals surface area contributed by atoms with Crippen molar-refractivity contribution in [3.63, 3.8) is 0 Å². The number of hydrogen-bond acceptors (Lipinski definition) is 5. The average Bonchev–Trinajstić information content (AvgIpc) is 3.61. The zero-order valence-corrected chi connectivity index (χ0v) is 28.2. The molecule has 1 heterocycles. The number of allylic oxidation sites excluding steroid dienone is 1. The third kappa shape index (κ3) is 6.10. The maximum Gasteiger partial charge on any atom is 0.331 e. The van der Waals surface area contributed by atoms with E-state index < -0.39 is 6.10 Å². The summed E-state index contributed by atoms with van der Waals surface area (Å²) in [5.74, 6) is 3.94. The molecule has 0 radical (unpaired) electrons. The van der Waals surface area contributed by atoms with Gasteiger partial charge in [0.25, 0.3) is 0 Å². The number of nitrogens with zero attached hydrogens (tertiary/aromatic N) is 3. The minimum absolute atomic E-state index is 0.210. The van der Waals surface area contributed by atoms with E-state index in [-0.39, 0.29) is 17.5 Å². The van der Waals surface area contributed by atoms with Crippen molar-refractivity contribution >= 4 is 12.0 Å². The highest BCUT2D eigenvalue weighted by atomic mass is 16.5. The normalized spacial score (nSPS) is 38.2. The zero-order valence-electron chi connectivity index (χ0n) is 28.2. The van der Waals surface area contributed by atoms with Gasteiger partial charge in [-0.1, -0.05) is 90.0 Å². The van der Waals surface area contributed by atoms with Gasteiger partial charge in [0, 0.05) is 17.9 Å². The number of aromatic nitrogens is 3. The molecule has 0 aromatic carbocycles. The first-order valence-corrected chi connectivity index (χ1v) is 18.3. The number of esters is 1. The zero-order chi connectivity index (χ0) is 31.1. The van der Waals surface area contributed by atoms with E-state index in [0.29, 0.717) is 41.8 Å². The van der Waals surface area contributed by atoms with Crippen LogP contribution in [-0.2, 0) is 9.53 Å². The van der Waals surface area contributed by atoms with Gasteiger partial charge in [0.15, 0.2) is 0 Å². The standard InChI is InChI=1S/C38H59N3O3/c1-25(2)10-9-11-26(3)32-17-18-33-31-16-14-27-22-30(42)23-35(38(27,5)34(31)20-21-37(32,33)4)44-36(43)19-15-28-24-41(40-39-28)29-12-7-6-8-13-29/h14-15,19,24-26,29-35,42H,6-13,16-18,20-23H2,1-5H3/b19-15+/t26-,30+,31+,32-,33+,34+,35?,37-,38+/m1/s1. The lowest BCUT2D eigenvalue weighted by molar-refractivity contribution is -0.163. The molecule has 244 valence electrons. The van der Waals surface area contributed by atoms with Crippen LogP contribution in [0.3, 0.4) is 0 Å². The summed E-state index contributed by atoms with van der Waals surface area (Å²) < 4.78 is 8.28. The Bertz CT molecular complexity index is 1210. The number of carbonyl (C=O) groups is 1. The molecule has 0 spiro atoms. The van der Waals surface area contributed by atoms with E-state index in [2.05, 4.69) is 51.0 Å². The van der Waals surface area contributed by atoms with E-state index in [1.54, 1.807) is 6.08 Å². The molecule has 9 atom stereocenters. The van der Waals surface area contributed by atoms with E-state index in [1.807, 2.05) is 10.9 Å². The predicted octanol–water partition coefficient (Wildman–Crippen LogP) is 8.72. The number of hydrogen-bond donors (Lipinski definition) is 1. The van der Waals surface area contributed by atoms with Crippen molar-refractivity contribution < 1.29 is 14.6 Å². The Morgan fingerprint density at radius 1 is 1.09 bits per heavy atom. The third-order valence-electron chi connectivity index (χ3n) is 13.5. The smallest absolute Gasteiger partial charge is 0.331 e. The molecule has 4 fully saturated rings. The first-order valence-electron chi connectivity index (χ1n) is 18.3. The Balaban J connectivity index is 1.15. The first-order chi connectivity index (χ1) is 21.1. The number of fused-ring (bicyclic) bond motifs is 5. The highest BCUT2D eigenvalue weighted by molar-refractivity contribution is 5.86. The summed E-state index contributed by atoms with van der Waals surface area (Å²) in [5.41, 5.74) is 2.23. The molecule has 0 saturated heterocycles. The molecule has 1 aromatic rings. The highest BCUT2D eigenvalue weighted by Crippen LogP contribution is 2.67. The molecular weight excluding hydrogens is 546 g/mol. The summed E-state index contributed by atoms with van der Waals surface area (Å²) in [4.78, 5) is 13.3. The van der Waals surface area contributed by atoms with Gasteiger partial charge in [-0.2, -0.15) is 0 Å². The maximum absolute atomic E-state index is 13.3. The predicted molar refractivity (Wildman–Crippen MR) is 175 cm³/mol. The second kappa shape index (κ2) is 13.0. The quantitative estimate of drug-likeness (QED) is 0.173. The van der Waals surface area contributed by atoms with E-state index in [1.165, 1.54) is 75.9 Å². The minimum atomic E-state index is -0.459. The molecular formula is C38H59N3O3. The van der Waals surface area contributed by atoms with Gasteiger partial charge in [-0.25, -0.2) is 9.48 Å². The van der Waals surface area contributed by atoms with E-state index in [4.69, 9.17) is 4.74 Å². The van der Waals surface area contributed by atoms with Crippen LogP contribution in [0.1, 0.15) is 143 Å². The lowest BCUT2D eigenvalue weighted by Gasteiger charge is -2.60. The van der Waals surface area contributed by atoms with Crippen molar-refractivity contribution in [2.24, 2.45) is 46.3 Å². The van der Waals surface area contributed by atoms with Gasteiger partial charge in [0.1, 0.15) is 11.8 Å². The summed E-state index contributed by atoms with van der Waals surface area (Å²) in [6.07, 6.45) is 24.6. The Kier molecular flexibility index (Phi) is 9.49. The lowest BCUT2D eigenvalue weighted by Crippen LogP contribution is -2.56. The van der Waals surface area contributed by atoms with Gasteiger partial charge in [-0.15, -0.1) is 5.10 Å². The summed E-state index contributed by atoms with van der Waals surface area (Å²) >= 11 is 0. The Morgan fingerprint density at radius 2 is 1.89 bits per heavy atom. The van der Waals surface area contributed by atoms with Gasteiger partial charge in [-0.3, -0.25) is 0 Å². The Labute approximate surface area is 266 Å². The second-order valence-corrected chi connectivity index (χ2v) is 16.4. The molecule has 5 aliphatic rings. The average molecular weight is 606 g/mol. The van der Waals surface area contributed by atoms with E-state index in [9.17, 15) is 9.90 Å². The number of carbonyl (C=O) groups excluding carboxylic acids is 1. The SMILES string of the molecule is CC(C)CCC[C@@H](C)[C@H]1CC[C@H]2[C@@H]3CC=C4C[C@H](O)CC(OC(=O)/C=C/c5cn(C6CCCCC6)nn5)[C@]4(C)[C@H]3CC[C@]12C. The topological polar surface area (TPSA) is 77.2 Å². The third-order valence-corrected chi connectivity index (χ3v) is 13.5. The number of aliphatic hydroxyl groups is 1. The second-order valence-electron chi connectivity index (χ2n) is 16.4. The molecule has 0 aliphatic heterocycles. The fourth-order valence-electron chi connectivity index (χ4n) is 11.1. The monoisotopic (exact) mass is 605 g/mol. The lowest BCUT2D eigenvalue weighted by atomic mass is 9.46. The van der Waals surface area contributed by atoms with E-state index in [0.717, 1.165) is 42.9 Å². The van der Waals surface area contributed by atoms with Crippen LogP contribution in [0.15, 0.2) is 23.9 Å². The molecule has 5 aliphatic carbocycles. The van der Waals surface area contributed by atoms with Gasteiger partial charge < -0.3 is 9.84 Å². The van der Waals surface area contributed by atoms with Crippen molar-refractivity contribution in [2.45, 2.75) is 149 Å². The van der Waals surface area contributed by atoms with Crippen molar-refractivity contribution in [2.75, 3.05) is 0 Å². The highest BCUT2D eigenvalue weighted by Gasteiger charge is 2.61. The summed E-state index contributed by atoms with van der Waals surface area (Å²) in [6, 6.07) is 0.416. The van der Waals surface area contributed by atoms with Crippen LogP contribution in [0.5, 0.6) is 0 Å². The summed E-state index contributed by atoms with van der Waals surface area (Å²) in [6.45, 7) is 12.2. The molecule has 6 heteroatoms.